The zero-order valence-electron chi connectivity index (χ0n) is 12.8. The molecule has 0 aliphatic carbocycles. The Bertz CT molecular complexity index is 414. The fourth-order valence-corrected chi connectivity index (χ4v) is 1.96. The highest BCUT2D eigenvalue weighted by Gasteiger charge is 2.17. The van der Waals surface area contributed by atoms with Gasteiger partial charge in [0.25, 0.3) is 0 Å². The van der Waals surface area contributed by atoms with E-state index < -0.39 is 0 Å². The van der Waals surface area contributed by atoms with Gasteiger partial charge in [-0.3, -0.25) is 4.99 Å². The minimum Gasteiger partial charge on any atom is -0.282 e. The molecule has 0 aliphatic rings. The maximum Gasteiger partial charge on any atom is 0.0757 e. The zero-order valence-corrected chi connectivity index (χ0v) is 12.8. The summed E-state index contributed by atoms with van der Waals surface area (Å²) in [6.45, 7) is 12.7. The molecule has 104 valence electrons. The van der Waals surface area contributed by atoms with Crippen LogP contribution in [0, 0.1) is 12.8 Å². The molecule has 0 bridgehead atoms. The fraction of sp³-hybridized carbons (Fsp3) is 0.500. The van der Waals surface area contributed by atoms with E-state index in [9.17, 15) is 0 Å². The van der Waals surface area contributed by atoms with Crippen LogP contribution in [0.2, 0.25) is 0 Å². The number of aryl methyl sites for hydroxylation is 1. The quantitative estimate of drug-likeness (QED) is 0.471. The number of rotatable bonds is 7. The van der Waals surface area contributed by atoms with Crippen LogP contribution in [-0.4, -0.2) is 11.8 Å². The van der Waals surface area contributed by atoms with Gasteiger partial charge in [-0.25, -0.2) is 0 Å². The van der Waals surface area contributed by atoms with Crippen molar-refractivity contribution in [1.82, 2.24) is 0 Å². The molecule has 1 atom stereocenters. The first-order chi connectivity index (χ1) is 8.95. The molecule has 0 fully saturated rings. The molecule has 0 radical (unpaired) electrons. The van der Waals surface area contributed by atoms with Crippen LogP contribution in [0.15, 0.2) is 41.9 Å². The fourth-order valence-electron chi connectivity index (χ4n) is 1.96. The monoisotopic (exact) mass is 257 g/mol. The highest BCUT2D eigenvalue weighted by Crippen LogP contribution is 2.21. The molecule has 0 saturated carbocycles. The maximum absolute atomic E-state index is 4.73. The standard InChI is InChI=1S/C18H27N/c1-6-18(5,13-7-8-15(2)3)19-14-17-11-9-16(4)10-12-17/h6,9-12,14-15H,1,7-8,13H2,2-5H3. The van der Waals surface area contributed by atoms with Crippen LogP contribution in [0.5, 0.6) is 0 Å². The first-order valence-corrected chi connectivity index (χ1v) is 7.21. The number of hydrogen-bond donors (Lipinski definition) is 0. The highest BCUT2D eigenvalue weighted by atomic mass is 14.8. The predicted octanol–water partition coefficient (Wildman–Crippen LogP) is 5.18. The van der Waals surface area contributed by atoms with Crippen molar-refractivity contribution in [2.45, 2.75) is 52.5 Å². The van der Waals surface area contributed by atoms with Crippen LogP contribution in [0.25, 0.3) is 0 Å². The Labute approximate surface area is 118 Å². The predicted molar refractivity (Wildman–Crippen MR) is 86.1 cm³/mol. The van der Waals surface area contributed by atoms with E-state index in [0.29, 0.717) is 0 Å². The lowest BCUT2D eigenvalue weighted by molar-refractivity contribution is 0.461. The Morgan fingerprint density at radius 2 is 1.89 bits per heavy atom. The second kappa shape index (κ2) is 7.28. The third-order valence-electron chi connectivity index (χ3n) is 3.49. The van der Waals surface area contributed by atoms with Crippen LogP contribution >= 0.6 is 0 Å². The zero-order chi connectivity index (χ0) is 14.3. The van der Waals surface area contributed by atoms with E-state index in [1.807, 2.05) is 12.3 Å². The number of nitrogens with zero attached hydrogens (tertiary/aromatic N) is 1. The highest BCUT2D eigenvalue weighted by molar-refractivity contribution is 5.80. The molecule has 0 amide bonds. The van der Waals surface area contributed by atoms with E-state index in [1.165, 1.54) is 18.4 Å². The second-order valence-corrected chi connectivity index (χ2v) is 6.02. The Morgan fingerprint density at radius 3 is 2.42 bits per heavy atom. The lowest BCUT2D eigenvalue weighted by Gasteiger charge is -2.21. The third kappa shape index (κ3) is 5.87. The van der Waals surface area contributed by atoms with Crippen molar-refractivity contribution < 1.29 is 0 Å². The molecule has 0 saturated heterocycles. The normalized spacial score (nSPS) is 14.8. The third-order valence-corrected chi connectivity index (χ3v) is 3.49. The molecule has 1 aromatic carbocycles. The van der Waals surface area contributed by atoms with Crippen LogP contribution in [0.1, 0.15) is 51.2 Å². The topological polar surface area (TPSA) is 12.4 Å². The molecule has 1 rings (SSSR count). The smallest absolute Gasteiger partial charge is 0.0757 e. The van der Waals surface area contributed by atoms with E-state index in [-0.39, 0.29) is 5.54 Å². The first-order valence-electron chi connectivity index (χ1n) is 7.21. The molecule has 1 unspecified atom stereocenters. The average molecular weight is 257 g/mol. The summed E-state index contributed by atoms with van der Waals surface area (Å²) in [5, 5.41) is 0. The minimum absolute atomic E-state index is 0.139. The summed E-state index contributed by atoms with van der Waals surface area (Å²) in [5.74, 6) is 0.759. The lowest BCUT2D eigenvalue weighted by atomic mass is 9.93. The Balaban J connectivity index is 2.63. The minimum atomic E-state index is -0.139. The molecule has 1 heteroatoms. The van der Waals surface area contributed by atoms with E-state index in [1.54, 1.807) is 0 Å². The maximum atomic E-state index is 4.73. The van der Waals surface area contributed by atoms with Gasteiger partial charge in [0, 0.05) is 6.21 Å². The van der Waals surface area contributed by atoms with Gasteiger partial charge in [0.2, 0.25) is 0 Å². The summed E-state index contributed by atoms with van der Waals surface area (Å²) in [6, 6.07) is 8.45. The Kier molecular flexibility index (Phi) is 6.01. The number of hydrogen-bond acceptors (Lipinski definition) is 1. The molecular formula is C18H27N. The van der Waals surface area contributed by atoms with E-state index in [2.05, 4.69) is 58.5 Å². The van der Waals surface area contributed by atoms with Gasteiger partial charge < -0.3 is 0 Å². The first kappa shape index (κ1) is 15.7. The second-order valence-electron chi connectivity index (χ2n) is 6.02. The van der Waals surface area contributed by atoms with E-state index >= 15 is 0 Å². The van der Waals surface area contributed by atoms with Crippen molar-refractivity contribution in [2.24, 2.45) is 10.9 Å². The van der Waals surface area contributed by atoms with Crippen molar-refractivity contribution in [1.29, 1.82) is 0 Å². The van der Waals surface area contributed by atoms with E-state index in [0.717, 1.165) is 17.9 Å². The van der Waals surface area contributed by atoms with Crippen LogP contribution in [-0.2, 0) is 0 Å². The van der Waals surface area contributed by atoms with Crippen LogP contribution < -0.4 is 0 Å². The largest absolute Gasteiger partial charge is 0.282 e. The summed E-state index contributed by atoms with van der Waals surface area (Å²) >= 11 is 0. The molecule has 1 aromatic rings. The van der Waals surface area contributed by atoms with Crippen molar-refractivity contribution in [3.63, 3.8) is 0 Å². The summed E-state index contributed by atoms with van der Waals surface area (Å²) < 4.78 is 0. The van der Waals surface area contributed by atoms with Gasteiger partial charge in [0.1, 0.15) is 0 Å². The van der Waals surface area contributed by atoms with Crippen molar-refractivity contribution in [3.8, 4) is 0 Å². The van der Waals surface area contributed by atoms with Crippen molar-refractivity contribution in [2.75, 3.05) is 0 Å². The lowest BCUT2D eigenvalue weighted by Crippen LogP contribution is -2.18. The molecule has 0 aromatic heterocycles. The Morgan fingerprint density at radius 1 is 1.26 bits per heavy atom. The van der Waals surface area contributed by atoms with Gasteiger partial charge in [-0.2, -0.15) is 0 Å². The van der Waals surface area contributed by atoms with Gasteiger partial charge in [-0.05, 0) is 31.7 Å². The van der Waals surface area contributed by atoms with Gasteiger partial charge in [-0.1, -0.05) is 62.6 Å². The van der Waals surface area contributed by atoms with Crippen molar-refractivity contribution in [3.05, 3.63) is 48.0 Å². The van der Waals surface area contributed by atoms with E-state index in [4.69, 9.17) is 4.99 Å². The summed E-state index contributed by atoms with van der Waals surface area (Å²) in [6.07, 6.45) is 7.46. The van der Waals surface area contributed by atoms with Crippen LogP contribution in [0.4, 0.5) is 0 Å². The number of aliphatic imine (C=N–C) groups is 1. The molecule has 19 heavy (non-hydrogen) atoms. The van der Waals surface area contributed by atoms with Crippen molar-refractivity contribution >= 4 is 6.21 Å². The molecular weight excluding hydrogens is 230 g/mol. The summed E-state index contributed by atoms with van der Waals surface area (Å²) in [4.78, 5) is 4.73. The molecule has 0 aliphatic heterocycles. The SMILES string of the molecule is C=CC(C)(CCCC(C)C)N=Cc1ccc(C)cc1. The number of benzene rings is 1. The molecule has 0 N–H and O–H groups in total. The Hall–Kier alpha value is -1.37. The molecule has 0 heterocycles. The van der Waals surface area contributed by atoms with Crippen LogP contribution in [0.3, 0.4) is 0 Å². The summed E-state index contributed by atoms with van der Waals surface area (Å²) in [5.41, 5.74) is 2.29. The van der Waals surface area contributed by atoms with Gasteiger partial charge >= 0.3 is 0 Å². The average Bonchev–Trinajstić information content (AvgIpc) is 2.38. The molecule has 0 spiro atoms. The molecule has 1 nitrogen and oxygen atoms in total. The summed E-state index contributed by atoms with van der Waals surface area (Å²) in [7, 11) is 0. The van der Waals surface area contributed by atoms with Gasteiger partial charge in [0.15, 0.2) is 0 Å². The van der Waals surface area contributed by atoms with Gasteiger partial charge in [0.05, 0.1) is 5.54 Å². The van der Waals surface area contributed by atoms with Gasteiger partial charge in [-0.15, -0.1) is 6.58 Å².